The Morgan fingerprint density at radius 3 is 3.31 bits per heavy atom. The van der Waals surface area contributed by atoms with Crippen molar-refractivity contribution < 1.29 is 0 Å². The van der Waals surface area contributed by atoms with Gasteiger partial charge in [0.05, 0.1) is 5.69 Å². The molecule has 0 aromatic carbocycles. The van der Waals surface area contributed by atoms with Gasteiger partial charge in [-0.15, -0.1) is 0 Å². The van der Waals surface area contributed by atoms with Gasteiger partial charge in [-0.3, -0.25) is 4.79 Å². The van der Waals surface area contributed by atoms with E-state index < -0.39 is 0 Å². The summed E-state index contributed by atoms with van der Waals surface area (Å²) in [6, 6.07) is 1.73. The van der Waals surface area contributed by atoms with Crippen LogP contribution in [-0.4, -0.2) is 28.3 Å². The van der Waals surface area contributed by atoms with Crippen molar-refractivity contribution in [1.82, 2.24) is 15.1 Å². The van der Waals surface area contributed by atoms with E-state index in [2.05, 4.69) is 16.7 Å². The molecule has 0 bridgehead atoms. The first kappa shape index (κ1) is 11.7. The predicted octanol–water partition coefficient (Wildman–Crippen LogP) is 0.642. The van der Waals surface area contributed by atoms with Crippen LogP contribution in [0, 0.1) is 0 Å². The second-order valence-corrected chi connectivity index (χ2v) is 4.94. The highest BCUT2D eigenvalue weighted by atomic mass is 32.2. The molecule has 2 rings (SSSR count). The molecule has 1 aliphatic heterocycles. The second-order valence-electron chi connectivity index (χ2n) is 3.95. The Kier molecular flexibility index (Phi) is 4.01. The lowest BCUT2D eigenvalue weighted by Crippen LogP contribution is -2.31. The van der Waals surface area contributed by atoms with Crippen LogP contribution >= 0.6 is 11.8 Å². The molecule has 5 heteroatoms. The molecule has 1 aromatic heterocycles. The molecule has 4 nitrogen and oxygen atoms in total. The van der Waals surface area contributed by atoms with Gasteiger partial charge < -0.3 is 5.32 Å². The van der Waals surface area contributed by atoms with E-state index in [9.17, 15) is 4.79 Å². The van der Waals surface area contributed by atoms with Gasteiger partial charge in [0, 0.05) is 32.1 Å². The first-order valence-electron chi connectivity index (χ1n) is 5.61. The Balaban J connectivity index is 2.16. The molecule has 2 heterocycles. The third kappa shape index (κ3) is 2.65. The molecule has 1 aromatic rings. The Bertz CT molecular complexity index is 416. The van der Waals surface area contributed by atoms with Crippen molar-refractivity contribution in [3.05, 3.63) is 27.7 Å². The second kappa shape index (κ2) is 5.50. The summed E-state index contributed by atoms with van der Waals surface area (Å²) < 4.78 is 1.61. The van der Waals surface area contributed by atoms with Gasteiger partial charge in [0.2, 0.25) is 0 Å². The quantitative estimate of drug-likeness (QED) is 0.783. The van der Waals surface area contributed by atoms with Crippen molar-refractivity contribution in [1.29, 1.82) is 0 Å². The van der Waals surface area contributed by atoms with Crippen LogP contribution in [0.2, 0.25) is 0 Å². The maximum atomic E-state index is 11.8. The Morgan fingerprint density at radius 2 is 2.50 bits per heavy atom. The largest absolute Gasteiger partial charge is 0.312 e. The summed E-state index contributed by atoms with van der Waals surface area (Å²) in [4.78, 5) is 11.8. The van der Waals surface area contributed by atoms with E-state index in [-0.39, 0.29) is 5.56 Å². The molecule has 0 atom stereocenters. The monoisotopic (exact) mass is 239 g/mol. The summed E-state index contributed by atoms with van der Waals surface area (Å²) in [6.45, 7) is 2.48. The number of rotatable bonds is 4. The maximum absolute atomic E-state index is 11.8. The molecule has 88 valence electrons. The summed E-state index contributed by atoms with van der Waals surface area (Å²) in [5.41, 5.74) is 2.18. The zero-order valence-corrected chi connectivity index (χ0v) is 10.3. The highest BCUT2D eigenvalue weighted by Gasteiger charge is 2.12. The van der Waals surface area contributed by atoms with E-state index in [1.807, 2.05) is 0 Å². The first-order valence-corrected chi connectivity index (χ1v) is 7.00. The molecular formula is C11H17N3OS. The normalized spacial score (nSPS) is 14.8. The molecule has 1 N–H and O–H groups in total. The highest BCUT2D eigenvalue weighted by molar-refractivity contribution is 7.98. The van der Waals surface area contributed by atoms with Crippen molar-refractivity contribution in [2.75, 3.05) is 18.6 Å². The number of hydrogen-bond acceptors (Lipinski definition) is 4. The van der Waals surface area contributed by atoms with E-state index in [4.69, 9.17) is 0 Å². The van der Waals surface area contributed by atoms with Crippen molar-refractivity contribution in [2.24, 2.45) is 0 Å². The number of fused-ring (bicyclic) bond motifs is 1. The molecule has 16 heavy (non-hydrogen) atoms. The van der Waals surface area contributed by atoms with Gasteiger partial charge in [0.1, 0.15) is 0 Å². The fraction of sp³-hybridized carbons (Fsp3) is 0.636. The fourth-order valence-corrected chi connectivity index (χ4v) is 2.30. The summed E-state index contributed by atoms with van der Waals surface area (Å²) in [5, 5.41) is 7.69. The van der Waals surface area contributed by atoms with E-state index in [1.165, 1.54) is 0 Å². The minimum atomic E-state index is 0.0311. The molecular weight excluding hydrogens is 222 g/mol. The molecule has 0 fully saturated rings. The van der Waals surface area contributed by atoms with Crippen LogP contribution in [-0.2, 0) is 19.5 Å². The number of aromatic nitrogens is 2. The molecule has 0 saturated heterocycles. The lowest BCUT2D eigenvalue weighted by molar-refractivity contribution is 0.529. The molecule has 0 aliphatic carbocycles. The third-order valence-electron chi connectivity index (χ3n) is 2.74. The number of hydrogen-bond donors (Lipinski definition) is 1. The number of nitrogens with one attached hydrogen (secondary N) is 1. The fourth-order valence-electron chi connectivity index (χ4n) is 1.88. The van der Waals surface area contributed by atoms with Crippen molar-refractivity contribution in [2.45, 2.75) is 25.9 Å². The topological polar surface area (TPSA) is 46.9 Å². The summed E-state index contributed by atoms with van der Waals surface area (Å²) >= 11 is 1.80. The van der Waals surface area contributed by atoms with E-state index in [1.54, 1.807) is 22.5 Å². The number of thioether (sulfide) groups is 1. The Morgan fingerprint density at radius 1 is 1.62 bits per heavy atom. The van der Waals surface area contributed by atoms with Gasteiger partial charge in [0.25, 0.3) is 5.56 Å². The average molecular weight is 239 g/mol. The molecule has 0 amide bonds. The van der Waals surface area contributed by atoms with Crippen molar-refractivity contribution in [3.63, 3.8) is 0 Å². The molecule has 0 saturated carbocycles. The lowest BCUT2D eigenvalue weighted by atomic mass is 10.1. The van der Waals surface area contributed by atoms with Crippen LogP contribution in [0.15, 0.2) is 10.9 Å². The van der Waals surface area contributed by atoms with Crippen LogP contribution in [0.3, 0.4) is 0 Å². The van der Waals surface area contributed by atoms with Crippen LogP contribution in [0.5, 0.6) is 0 Å². The SMILES string of the molecule is CSCCCn1nc2c(cc1=O)CNCC2. The molecule has 0 unspecified atom stereocenters. The zero-order valence-electron chi connectivity index (χ0n) is 9.53. The van der Waals surface area contributed by atoms with Gasteiger partial charge in [0.15, 0.2) is 0 Å². The van der Waals surface area contributed by atoms with Crippen LogP contribution < -0.4 is 10.9 Å². The van der Waals surface area contributed by atoms with Gasteiger partial charge in [-0.05, 0) is 24.0 Å². The lowest BCUT2D eigenvalue weighted by Gasteiger charge is -2.16. The minimum Gasteiger partial charge on any atom is -0.312 e. The average Bonchev–Trinajstić information content (AvgIpc) is 2.30. The van der Waals surface area contributed by atoms with Gasteiger partial charge in [-0.1, -0.05) is 0 Å². The smallest absolute Gasteiger partial charge is 0.267 e. The maximum Gasteiger partial charge on any atom is 0.267 e. The van der Waals surface area contributed by atoms with Crippen molar-refractivity contribution in [3.8, 4) is 0 Å². The van der Waals surface area contributed by atoms with Crippen LogP contribution in [0.1, 0.15) is 17.7 Å². The zero-order chi connectivity index (χ0) is 11.4. The molecule has 1 aliphatic rings. The number of aryl methyl sites for hydroxylation is 1. The number of nitrogens with zero attached hydrogens (tertiary/aromatic N) is 2. The van der Waals surface area contributed by atoms with Gasteiger partial charge >= 0.3 is 0 Å². The van der Waals surface area contributed by atoms with Crippen LogP contribution in [0.4, 0.5) is 0 Å². The molecule has 0 radical (unpaired) electrons. The first-order chi connectivity index (χ1) is 7.81. The van der Waals surface area contributed by atoms with Gasteiger partial charge in [-0.2, -0.15) is 16.9 Å². The predicted molar refractivity (Wildman–Crippen MR) is 66.9 cm³/mol. The van der Waals surface area contributed by atoms with Crippen molar-refractivity contribution >= 4 is 11.8 Å². The summed E-state index contributed by atoms with van der Waals surface area (Å²) in [6.07, 6.45) is 4.01. The standard InChI is InChI=1S/C11H17N3OS/c1-16-6-2-5-14-11(15)7-9-8-12-4-3-10(9)13-14/h7,12H,2-6,8H2,1H3. The van der Waals surface area contributed by atoms with Crippen LogP contribution in [0.25, 0.3) is 0 Å². The van der Waals surface area contributed by atoms with E-state index in [0.717, 1.165) is 49.5 Å². The van der Waals surface area contributed by atoms with E-state index >= 15 is 0 Å². The highest BCUT2D eigenvalue weighted by Crippen LogP contribution is 2.07. The molecule has 0 spiro atoms. The Labute approximate surface area is 99.4 Å². The minimum absolute atomic E-state index is 0.0311. The Hall–Kier alpha value is -0.810. The third-order valence-corrected chi connectivity index (χ3v) is 3.43. The summed E-state index contributed by atoms with van der Waals surface area (Å²) in [7, 11) is 0. The summed E-state index contributed by atoms with van der Waals surface area (Å²) in [5.74, 6) is 1.08. The van der Waals surface area contributed by atoms with E-state index in [0.29, 0.717) is 0 Å². The van der Waals surface area contributed by atoms with Gasteiger partial charge in [-0.25, -0.2) is 4.68 Å².